The van der Waals surface area contributed by atoms with Crippen LogP contribution in [0.3, 0.4) is 0 Å². The second kappa shape index (κ2) is 3.04. The fourth-order valence-corrected chi connectivity index (χ4v) is 0.870. The predicted molar refractivity (Wildman–Crippen MR) is 46.0 cm³/mol. The summed E-state index contributed by atoms with van der Waals surface area (Å²) in [7, 11) is 0. The fraction of sp³-hybridized carbons (Fsp3) is 0. The topological polar surface area (TPSA) is 46.0 Å². The van der Waals surface area contributed by atoms with Gasteiger partial charge in [-0.3, -0.25) is 5.10 Å². The molecule has 4 nitrogen and oxygen atoms in total. The van der Waals surface area contributed by atoms with Gasteiger partial charge in [0, 0.05) is 18.6 Å². The number of nitrogens with one attached hydrogen (secondary N) is 1. The Labute approximate surface area is 69.5 Å². The number of H-pyrrole nitrogens is 1. The highest BCUT2D eigenvalue weighted by molar-refractivity contribution is 5.76. The first kappa shape index (κ1) is 6.84. The summed E-state index contributed by atoms with van der Waals surface area (Å²) in [5.74, 6) is 0. The SMILES string of the molecule is C(=N\n1cccc1)/c1ccn[nH]1. The standard InChI is InChI=1S/C8H8N4/c1-2-6-12(5-1)10-7-8-3-4-9-11-8/h1-7H,(H,9,11)/b10-7+. The molecule has 2 aromatic heterocycles. The maximum absolute atomic E-state index is 4.13. The lowest BCUT2D eigenvalue weighted by atomic mass is 10.5. The summed E-state index contributed by atoms with van der Waals surface area (Å²) in [6.45, 7) is 0. The lowest BCUT2D eigenvalue weighted by Gasteiger charge is -1.88. The molecule has 0 unspecified atom stereocenters. The second-order valence-electron chi connectivity index (χ2n) is 2.32. The van der Waals surface area contributed by atoms with E-state index in [1.807, 2.05) is 30.6 Å². The van der Waals surface area contributed by atoms with Crippen molar-refractivity contribution < 1.29 is 0 Å². The van der Waals surface area contributed by atoms with Crippen molar-refractivity contribution in [3.05, 3.63) is 42.5 Å². The van der Waals surface area contributed by atoms with Gasteiger partial charge < -0.3 is 0 Å². The highest BCUT2D eigenvalue weighted by Gasteiger charge is 1.85. The van der Waals surface area contributed by atoms with Crippen molar-refractivity contribution in [3.63, 3.8) is 0 Å². The van der Waals surface area contributed by atoms with Crippen LogP contribution in [0.15, 0.2) is 41.9 Å². The Balaban J connectivity index is 2.14. The van der Waals surface area contributed by atoms with Crippen molar-refractivity contribution >= 4 is 6.21 Å². The molecule has 0 aliphatic carbocycles. The molecular weight excluding hydrogens is 152 g/mol. The van der Waals surface area contributed by atoms with Gasteiger partial charge in [-0.15, -0.1) is 0 Å². The minimum Gasteiger partial charge on any atom is -0.277 e. The van der Waals surface area contributed by atoms with E-state index < -0.39 is 0 Å². The van der Waals surface area contributed by atoms with E-state index in [0.29, 0.717) is 0 Å². The molecule has 0 saturated heterocycles. The van der Waals surface area contributed by atoms with E-state index in [9.17, 15) is 0 Å². The van der Waals surface area contributed by atoms with Crippen LogP contribution in [0.1, 0.15) is 5.69 Å². The van der Waals surface area contributed by atoms with Crippen LogP contribution in [0.4, 0.5) is 0 Å². The zero-order valence-electron chi connectivity index (χ0n) is 6.38. The van der Waals surface area contributed by atoms with Crippen LogP contribution in [0.25, 0.3) is 0 Å². The highest BCUT2D eigenvalue weighted by atomic mass is 15.3. The Kier molecular flexibility index (Phi) is 1.74. The number of aromatic nitrogens is 3. The largest absolute Gasteiger partial charge is 0.277 e. The van der Waals surface area contributed by atoms with E-state index in [-0.39, 0.29) is 0 Å². The predicted octanol–water partition coefficient (Wildman–Crippen LogP) is 1.09. The Morgan fingerprint density at radius 3 is 2.92 bits per heavy atom. The van der Waals surface area contributed by atoms with Gasteiger partial charge in [0.05, 0.1) is 11.9 Å². The number of nitrogens with zero attached hydrogens (tertiary/aromatic N) is 3. The molecule has 2 aromatic rings. The average molecular weight is 160 g/mol. The summed E-state index contributed by atoms with van der Waals surface area (Å²) in [6.07, 6.45) is 7.14. The highest BCUT2D eigenvalue weighted by Crippen LogP contribution is 1.90. The lowest BCUT2D eigenvalue weighted by Crippen LogP contribution is -1.86. The number of aromatic amines is 1. The lowest BCUT2D eigenvalue weighted by molar-refractivity contribution is 0.892. The Morgan fingerprint density at radius 1 is 1.42 bits per heavy atom. The average Bonchev–Trinajstić information content (AvgIpc) is 2.74. The summed E-state index contributed by atoms with van der Waals surface area (Å²) in [6, 6.07) is 5.70. The van der Waals surface area contributed by atoms with Crippen LogP contribution in [0, 0.1) is 0 Å². The minimum absolute atomic E-state index is 0.892. The number of rotatable bonds is 2. The monoisotopic (exact) mass is 160 g/mol. The Hall–Kier alpha value is -1.84. The molecule has 2 heterocycles. The molecule has 60 valence electrons. The minimum atomic E-state index is 0.892. The summed E-state index contributed by atoms with van der Waals surface area (Å²) in [5.41, 5.74) is 0.892. The molecule has 2 rings (SSSR count). The first-order valence-electron chi connectivity index (χ1n) is 3.62. The third-order valence-corrected chi connectivity index (χ3v) is 1.44. The first-order chi connectivity index (χ1) is 5.95. The van der Waals surface area contributed by atoms with Crippen molar-refractivity contribution in [2.45, 2.75) is 0 Å². The molecule has 0 fully saturated rings. The van der Waals surface area contributed by atoms with Gasteiger partial charge in [0.1, 0.15) is 0 Å². The molecule has 0 bridgehead atoms. The van der Waals surface area contributed by atoms with Gasteiger partial charge in [-0.2, -0.15) is 10.2 Å². The first-order valence-corrected chi connectivity index (χ1v) is 3.62. The van der Waals surface area contributed by atoms with Gasteiger partial charge in [0.25, 0.3) is 0 Å². The van der Waals surface area contributed by atoms with Crippen molar-refractivity contribution in [2.75, 3.05) is 0 Å². The van der Waals surface area contributed by atoms with Crippen LogP contribution < -0.4 is 0 Å². The van der Waals surface area contributed by atoms with E-state index in [0.717, 1.165) is 5.69 Å². The zero-order valence-corrected chi connectivity index (χ0v) is 6.38. The molecule has 0 atom stereocenters. The summed E-state index contributed by atoms with van der Waals surface area (Å²) >= 11 is 0. The van der Waals surface area contributed by atoms with Crippen molar-refractivity contribution in [3.8, 4) is 0 Å². The Bertz CT molecular complexity index is 308. The molecular formula is C8H8N4. The second-order valence-corrected chi connectivity index (χ2v) is 2.32. The van der Waals surface area contributed by atoms with Gasteiger partial charge in [0.15, 0.2) is 0 Å². The molecule has 1 N–H and O–H groups in total. The van der Waals surface area contributed by atoms with E-state index >= 15 is 0 Å². The fourth-order valence-electron chi connectivity index (χ4n) is 0.870. The van der Waals surface area contributed by atoms with E-state index in [2.05, 4.69) is 15.3 Å². The van der Waals surface area contributed by atoms with Gasteiger partial charge in [0.2, 0.25) is 0 Å². The number of hydrogen-bond donors (Lipinski definition) is 1. The molecule has 12 heavy (non-hydrogen) atoms. The van der Waals surface area contributed by atoms with Crippen molar-refractivity contribution in [1.29, 1.82) is 0 Å². The van der Waals surface area contributed by atoms with Gasteiger partial charge in [-0.05, 0) is 18.2 Å². The van der Waals surface area contributed by atoms with Gasteiger partial charge >= 0.3 is 0 Å². The third-order valence-electron chi connectivity index (χ3n) is 1.44. The van der Waals surface area contributed by atoms with Crippen molar-refractivity contribution in [2.24, 2.45) is 5.10 Å². The molecule has 0 radical (unpaired) electrons. The number of hydrogen-bond acceptors (Lipinski definition) is 2. The molecule has 4 heteroatoms. The molecule has 0 aliphatic rings. The van der Waals surface area contributed by atoms with E-state index in [1.54, 1.807) is 17.1 Å². The van der Waals surface area contributed by atoms with Gasteiger partial charge in [-0.1, -0.05) is 0 Å². The van der Waals surface area contributed by atoms with Crippen LogP contribution in [-0.2, 0) is 0 Å². The quantitative estimate of drug-likeness (QED) is 0.657. The molecule has 0 saturated carbocycles. The molecule has 0 aromatic carbocycles. The maximum atomic E-state index is 4.13. The molecule has 0 aliphatic heterocycles. The molecule has 0 amide bonds. The third kappa shape index (κ3) is 1.42. The van der Waals surface area contributed by atoms with E-state index in [1.165, 1.54) is 0 Å². The van der Waals surface area contributed by atoms with Crippen LogP contribution in [0.2, 0.25) is 0 Å². The van der Waals surface area contributed by atoms with Crippen LogP contribution >= 0.6 is 0 Å². The van der Waals surface area contributed by atoms with Gasteiger partial charge in [-0.25, -0.2) is 4.68 Å². The molecule has 0 spiro atoms. The smallest absolute Gasteiger partial charge is 0.0778 e. The normalized spacial score (nSPS) is 11.0. The summed E-state index contributed by atoms with van der Waals surface area (Å²) in [5, 5.41) is 10.7. The summed E-state index contributed by atoms with van der Waals surface area (Å²) < 4.78 is 1.72. The zero-order chi connectivity index (χ0) is 8.23. The summed E-state index contributed by atoms with van der Waals surface area (Å²) in [4.78, 5) is 0. The van der Waals surface area contributed by atoms with Crippen LogP contribution in [-0.4, -0.2) is 21.1 Å². The Morgan fingerprint density at radius 2 is 2.25 bits per heavy atom. The van der Waals surface area contributed by atoms with Crippen LogP contribution in [0.5, 0.6) is 0 Å². The maximum Gasteiger partial charge on any atom is 0.0778 e. The van der Waals surface area contributed by atoms with Crippen molar-refractivity contribution in [1.82, 2.24) is 14.9 Å². The van der Waals surface area contributed by atoms with E-state index in [4.69, 9.17) is 0 Å².